The Labute approximate surface area is 231 Å². The quantitative estimate of drug-likeness (QED) is 0.157. The van der Waals surface area contributed by atoms with Crippen molar-refractivity contribution < 1.29 is 42.9 Å². The molecular formula is C29H45NO9. The minimum absolute atomic E-state index is 0.0719. The van der Waals surface area contributed by atoms with Crippen molar-refractivity contribution in [3.63, 3.8) is 0 Å². The Morgan fingerprint density at radius 3 is 2.00 bits per heavy atom. The summed E-state index contributed by atoms with van der Waals surface area (Å²) in [6, 6.07) is 3.66. The Bertz CT molecular complexity index is 933. The number of carbonyl (C=O) groups is 4. The molecule has 0 saturated carbocycles. The number of carbonyl (C=O) groups excluding carboxylic acids is 4. The van der Waals surface area contributed by atoms with Crippen molar-refractivity contribution in [2.75, 3.05) is 13.2 Å². The van der Waals surface area contributed by atoms with Crippen LogP contribution < -0.4 is 15.2 Å². The molecule has 0 aliphatic heterocycles. The monoisotopic (exact) mass is 551 g/mol. The molecule has 1 aromatic carbocycles. The van der Waals surface area contributed by atoms with E-state index in [-0.39, 0.29) is 55.8 Å². The van der Waals surface area contributed by atoms with Crippen molar-refractivity contribution in [3.8, 4) is 11.5 Å². The predicted molar refractivity (Wildman–Crippen MR) is 145 cm³/mol. The topological polar surface area (TPSA) is 140 Å². The second-order valence-corrected chi connectivity index (χ2v) is 9.99. The zero-order chi connectivity index (χ0) is 29.4. The van der Waals surface area contributed by atoms with Crippen LogP contribution in [0, 0.1) is 11.8 Å². The highest BCUT2D eigenvalue weighted by molar-refractivity contribution is 5.77. The molecule has 0 bridgehead atoms. The van der Waals surface area contributed by atoms with Gasteiger partial charge in [0.2, 0.25) is 0 Å². The van der Waals surface area contributed by atoms with Gasteiger partial charge in [0.1, 0.15) is 18.8 Å². The lowest BCUT2D eigenvalue weighted by atomic mass is 10.0. The molecular weight excluding hydrogens is 506 g/mol. The van der Waals surface area contributed by atoms with Crippen molar-refractivity contribution in [2.24, 2.45) is 17.6 Å². The Hall–Kier alpha value is -3.14. The summed E-state index contributed by atoms with van der Waals surface area (Å²) >= 11 is 0. The van der Waals surface area contributed by atoms with E-state index < -0.39 is 36.2 Å². The molecule has 0 amide bonds. The van der Waals surface area contributed by atoms with E-state index in [0.717, 1.165) is 25.7 Å². The minimum atomic E-state index is -1.04. The maximum Gasteiger partial charge on any atom is 0.508 e. The molecule has 1 rings (SSSR count). The highest BCUT2D eigenvalue weighted by Gasteiger charge is 2.22. The molecule has 1 aromatic rings. The van der Waals surface area contributed by atoms with Crippen LogP contribution in [0.1, 0.15) is 85.6 Å². The number of ether oxygens (including phenoxy) is 5. The lowest BCUT2D eigenvalue weighted by molar-refractivity contribution is -0.152. The summed E-state index contributed by atoms with van der Waals surface area (Å²) < 4.78 is 26.2. The zero-order valence-electron chi connectivity index (χ0n) is 24.2. The van der Waals surface area contributed by atoms with Crippen molar-refractivity contribution in [1.29, 1.82) is 0 Å². The summed E-state index contributed by atoms with van der Waals surface area (Å²) in [7, 11) is 0. The molecule has 0 radical (unpaired) electrons. The maximum absolute atomic E-state index is 12.5. The number of hydrogen-bond donors (Lipinski definition) is 1. The van der Waals surface area contributed by atoms with Gasteiger partial charge >= 0.3 is 24.1 Å². The zero-order valence-corrected chi connectivity index (χ0v) is 24.2. The van der Waals surface area contributed by atoms with E-state index in [2.05, 4.69) is 0 Å². The van der Waals surface area contributed by atoms with Crippen molar-refractivity contribution in [2.45, 2.75) is 98.6 Å². The van der Waals surface area contributed by atoms with Gasteiger partial charge in [-0.3, -0.25) is 14.4 Å². The van der Waals surface area contributed by atoms with E-state index in [4.69, 9.17) is 29.4 Å². The molecule has 0 aliphatic carbocycles. The van der Waals surface area contributed by atoms with Gasteiger partial charge in [-0.15, -0.1) is 0 Å². The Kier molecular flexibility index (Phi) is 15.8. The number of benzene rings is 1. The molecule has 10 heteroatoms. The van der Waals surface area contributed by atoms with E-state index in [1.165, 1.54) is 12.1 Å². The molecule has 0 aromatic heterocycles. The van der Waals surface area contributed by atoms with Crippen molar-refractivity contribution in [3.05, 3.63) is 23.8 Å². The standard InChI is InChI=1S/C29H45NO9/c1-7-10-13-35-29(34)36-18-21(6)37-28(33)23(30)16-22-11-12-24(38-26(31)14-19(4)8-2)25(17-22)39-27(32)15-20(5)9-3/h11-12,17,19-21,23H,7-10,13-16,18,30H2,1-6H3/t19?,20?,21-,23-/m0/s1. The normalized spacial score (nSPS) is 13.9. The summed E-state index contributed by atoms with van der Waals surface area (Å²) in [5, 5.41) is 0. The molecule has 0 heterocycles. The van der Waals surface area contributed by atoms with Crippen LogP contribution >= 0.6 is 0 Å². The van der Waals surface area contributed by atoms with Crippen LogP contribution in [-0.2, 0) is 35.0 Å². The molecule has 4 atom stereocenters. The van der Waals surface area contributed by atoms with Crippen LogP contribution in [0.3, 0.4) is 0 Å². The van der Waals surface area contributed by atoms with Gasteiger partial charge in [-0.05, 0) is 49.3 Å². The van der Waals surface area contributed by atoms with Crippen LogP contribution in [0.4, 0.5) is 4.79 Å². The van der Waals surface area contributed by atoms with E-state index in [1.54, 1.807) is 13.0 Å². The number of rotatable bonds is 17. The molecule has 0 spiro atoms. The highest BCUT2D eigenvalue weighted by Crippen LogP contribution is 2.30. The first kappa shape index (κ1) is 33.9. The van der Waals surface area contributed by atoms with Crippen molar-refractivity contribution >= 4 is 24.1 Å². The molecule has 2 unspecified atom stereocenters. The van der Waals surface area contributed by atoms with E-state index in [1.807, 2.05) is 34.6 Å². The van der Waals surface area contributed by atoms with Gasteiger partial charge < -0.3 is 29.4 Å². The Morgan fingerprint density at radius 1 is 0.846 bits per heavy atom. The maximum atomic E-state index is 12.5. The summed E-state index contributed by atoms with van der Waals surface area (Å²) in [6.07, 6.45) is 2.21. The van der Waals surface area contributed by atoms with Crippen LogP contribution in [0.2, 0.25) is 0 Å². The average Bonchev–Trinajstić information content (AvgIpc) is 2.88. The summed E-state index contributed by atoms with van der Waals surface area (Å²) in [5.41, 5.74) is 6.64. The smallest absolute Gasteiger partial charge is 0.458 e. The predicted octanol–water partition coefficient (Wildman–Crippen LogP) is 5.12. The molecule has 0 fully saturated rings. The first-order valence-electron chi connectivity index (χ1n) is 13.8. The number of nitrogens with two attached hydrogens (primary N) is 1. The second-order valence-electron chi connectivity index (χ2n) is 9.99. The summed E-state index contributed by atoms with van der Waals surface area (Å²) in [4.78, 5) is 48.9. The van der Waals surface area contributed by atoms with E-state index in [0.29, 0.717) is 5.56 Å². The summed E-state index contributed by atoms with van der Waals surface area (Å²) in [6.45, 7) is 11.5. The third-order valence-corrected chi connectivity index (χ3v) is 6.11. The van der Waals surface area contributed by atoms with Crippen LogP contribution in [0.5, 0.6) is 11.5 Å². The van der Waals surface area contributed by atoms with Gasteiger partial charge in [0, 0.05) is 12.8 Å². The van der Waals surface area contributed by atoms with E-state index in [9.17, 15) is 19.2 Å². The highest BCUT2D eigenvalue weighted by atomic mass is 16.7. The molecule has 0 aliphatic rings. The molecule has 2 N–H and O–H groups in total. The van der Waals surface area contributed by atoms with Gasteiger partial charge in [-0.1, -0.05) is 59.9 Å². The number of hydrogen-bond acceptors (Lipinski definition) is 10. The average molecular weight is 552 g/mol. The van der Waals surface area contributed by atoms with Gasteiger partial charge in [-0.25, -0.2) is 4.79 Å². The molecule has 39 heavy (non-hydrogen) atoms. The third kappa shape index (κ3) is 14.0. The first-order chi connectivity index (χ1) is 18.5. The number of unbranched alkanes of at least 4 members (excludes halogenated alkanes) is 1. The molecule has 0 saturated heterocycles. The second kappa shape index (κ2) is 18.2. The lowest BCUT2D eigenvalue weighted by Crippen LogP contribution is -2.37. The van der Waals surface area contributed by atoms with E-state index >= 15 is 0 Å². The minimum Gasteiger partial charge on any atom is -0.458 e. The van der Waals surface area contributed by atoms with Crippen LogP contribution in [0.25, 0.3) is 0 Å². The van der Waals surface area contributed by atoms with Gasteiger partial charge in [0.05, 0.1) is 6.61 Å². The SMILES string of the molecule is CCCCOC(=O)OC[C@H](C)OC(=O)[C@@H](N)Cc1ccc(OC(=O)CC(C)CC)c(OC(=O)CC(C)CC)c1. The third-order valence-electron chi connectivity index (χ3n) is 6.11. The van der Waals surface area contributed by atoms with Gasteiger partial charge in [0.15, 0.2) is 11.5 Å². The largest absolute Gasteiger partial charge is 0.508 e. The molecule has 220 valence electrons. The Morgan fingerprint density at radius 2 is 1.44 bits per heavy atom. The first-order valence-corrected chi connectivity index (χ1v) is 13.8. The fraction of sp³-hybridized carbons (Fsp3) is 0.655. The Balaban J connectivity index is 2.84. The van der Waals surface area contributed by atoms with Gasteiger partial charge in [0.25, 0.3) is 0 Å². The number of esters is 3. The van der Waals surface area contributed by atoms with Crippen LogP contribution in [0.15, 0.2) is 18.2 Å². The molecule has 10 nitrogen and oxygen atoms in total. The van der Waals surface area contributed by atoms with Gasteiger partial charge in [-0.2, -0.15) is 0 Å². The fourth-order valence-corrected chi connectivity index (χ4v) is 3.21. The fourth-order valence-electron chi connectivity index (χ4n) is 3.21. The summed E-state index contributed by atoms with van der Waals surface area (Å²) in [5.74, 6) is -1.08. The van der Waals surface area contributed by atoms with Crippen molar-refractivity contribution in [1.82, 2.24) is 0 Å². The van der Waals surface area contributed by atoms with Crippen LogP contribution in [-0.4, -0.2) is 49.4 Å². The lowest BCUT2D eigenvalue weighted by Gasteiger charge is -2.18.